The van der Waals surface area contributed by atoms with Crippen molar-refractivity contribution in [2.45, 2.75) is 52.3 Å². The lowest BCUT2D eigenvalue weighted by Crippen LogP contribution is -2.42. The first kappa shape index (κ1) is 17.7. The Morgan fingerprint density at radius 2 is 1.95 bits per heavy atom. The number of carboxylic acid groups (broad SMARTS) is 1. The SMILES string of the molecule is Cc1cc(O)n(C[C@H](CC(=O)O)NC(=O)OC(C)(C)C)c1O. The summed E-state index contributed by atoms with van der Waals surface area (Å²) in [6.45, 7) is 6.55. The number of amides is 1. The van der Waals surface area contributed by atoms with Gasteiger partial charge < -0.3 is 25.4 Å². The molecule has 124 valence electrons. The molecule has 0 saturated carbocycles. The Labute approximate surface area is 128 Å². The van der Waals surface area contributed by atoms with Crippen LogP contribution in [0.15, 0.2) is 6.07 Å². The molecule has 1 rings (SSSR count). The molecule has 4 N–H and O–H groups in total. The number of aliphatic carboxylic acids is 1. The molecule has 1 atom stereocenters. The molecule has 0 unspecified atom stereocenters. The van der Waals surface area contributed by atoms with Crippen LogP contribution in [0.2, 0.25) is 0 Å². The second-order valence-electron chi connectivity index (χ2n) is 6.06. The van der Waals surface area contributed by atoms with Gasteiger partial charge in [0, 0.05) is 18.2 Å². The zero-order valence-corrected chi connectivity index (χ0v) is 13.1. The van der Waals surface area contributed by atoms with Crippen LogP contribution in [0.25, 0.3) is 0 Å². The number of hydrogen-bond donors (Lipinski definition) is 4. The van der Waals surface area contributed by atoms with Crippen molar-refractivity contribution in [3.8, 4) is 11.8 Å². The van der Waals surface area contributed by atoms with E-state index in [1.165, 1.54) is 6.07 Å². The maximum absolute atomic E-state index is 11.8. The quantitative estimate of drug-likeness (QED) is 0.654. The van der Waals surface area contributed by atoms with Crippen molar-refractivity contribution in [1.29, 1.82) is 0 Å². The third-order valence-electron chi connectivity index (χ3n) is 2.78. The molecule has 1 heterocycles. The van der Waals surface area contributed by atoms with Gasteiger partial charge in [0.25, 0.3) is 0 Å². The summed E-state index contributed by atoms with van der Waals surface area (Å²) in [6, 6.07) is 0.497. The minimum Gasteiger partial charge on any atom is -0.494 e. The Balaban J connectivity index is 2.85. The number of alkyl carbamates (subject to hydrolysis) is 1. The van der Waals surface area contributed by atoms with Gasteiger partial charge >= 0.3 is 12.1 Å². The summed E-state index contributed by atoms with van der Waals surface area (Å²) >= 11 is 0. The zero-order chi connectivity index (χ0) is 17.1. The van der Waals surface area contributed by atoms with Gasteiger partial charge in [-0.2, -0.15) is 0 Å². The number of hydrogen-bond acceptors (Lipinski definition) is 5. The molecular formula is C14H22N2O6. The van der Waals surface area contributed by atoms with Crippen LogP contribution in [0.3, 0.4) is 0 Å². The van der Waals surface area contributed by atoms with E-state index in [0.29, 0.717) is 5.56 Å². The molecule has 8 heteroatoms. The number of carbonyl (C=O) groups is 2. The summed E-state index contributed by atoms with van der Waals surface area (Å²) in [5.41, 5.74) is -0.268. The van der Waals surface area contributed by atoms with E-state index in [2.05, 4.69) is 5.32 Å². The van der Waals surface area contributed by atoms with Crippen LogP contribution in [0.5, 0.6) is 11.8 Å². The predicted molar refractivity (Wildman–Crippen MR) is 77.9 cm³/mol. The minimum atomic E-state index is -1.12. The van der Waals surface area contributed by atoms with E-state index >= 15 is 0 Å². The standard InChI is InChI=1S/C14H22N2O6/c1-8-5-10(17)16(12(8)20)7-9(6-11(18)19)15-13(21)22-14(2,3)4/h5,9,17,20H,6-7H2,1-4H3,(H,15,21)(H,18,19)/t9-/m0/s1. The lowest BCUT2D eigenvalue weighted by molar-refractivity contribution is -0.137. The lowest BCUT2D eigenvalue weighted by atomic mass is 10.2. The Morgan fingerprint density at radius 1 is 1.36 bits per heavy atom. The molecule has 22 heavy (non-hydrogen) atoms. The number of nitrogens with zero attached hydrogens (tertiary/aromatic N) is 1. The number of rotatable bonds is 5. The normalized spacial score (nSPS) is 12.7. The number of aromatic nitrogens is 1. The van der Waals surface area contributed by atoms with Gasteiger partial charge in [-0.1, -0.05) is 0 Å². The van der Waals surface area contributed by atoms with Gasteiger partial charge in [-0.15, -0.1) is 0 Å². The van der Waals surface area contributed by atoms with Crippen molar-refractivity contribution in [3.63, 3.8) is 0 Å². The summed E-state index contributed by atoms with van der Waals surface area (Å²) in [5.74, 6) is -1.51. The zero-order valence-electron chi connectivity index (χ0n) is 13.1. The maximum atomic E-state index is 11.8. The fourth-order valence-electron chi connectivity index (χ4n) is 1.90. The van der Waals surface area contributed by atoms with Gasteiger partial charge in [0.15, 0.2) is 11.8 Å². The largest absolute Gasteiger partial charge is 0.494 e. The molecule has 0 aliphatic heterocycles. The number of aromatic hydroxyl groups is 2. The molecule has 0 bridgehead atoms. The van der Waals surface area contributed by atoms with Crippen molar-refractivity contribution < 1.29 is 29.6 Å². The first-order valence-corrected chi connectivity index (χ1v) is 6.79. The first-order chi connectivity index (χ1) is 9.99. The molecule has 0 aromatic carbocycles. The van der Waals surface area contributed by atoms with E-state index in [9.17, 15) is 19.8 Å². The van der Waals surface area contributed by atoms with Crippen molar-refractivity contribution in [2.24, 2.45) is 0 Å². The van der Waals surface area contributed by atoms with Crippen LogP contribution < -0.4 is 5.32 Å². The van der Waals surface area contributed by atoms with E-state index < -0.39 is 23.7 Å². The fourth-order valence-corrected chi connectivity index (χ4v) is 1.90. The van der Waals surface area contributed by atoms with Gasteiger partial charge in [0.2, 0.25) is 0 Å². The number of nitrogens with one attached hydrogen (secondary N) is 1. The van der Waals surface area contributed by atoms with Crippen molar-refractivity contribution in [3.05, 3.63) is 11.6 Å². The highest BCUT2D eigenvalue weighted by Crippen LogP contribution is 2.27. The smallest absolute Gasteiger partial charge is 0.407 e. The second-order valence-corrected chi connectivity index (χ2v) is 6.06. The van der Waals surface area contributed by atoms with E-state index in [1.807, 2.05) is 0 Å². The fraction of sp³-hybridized carbons (Fsp3) is 0.571. The van der Waals surface area contributed by atoms with Crippen LogP contribution in [-0.4, -0.2) is 43.6 Å². The van der Waals surface area contributed by atoms with Gasteiger partial charge in [-0.05, 0) is 27.7 Å². The summed E-state index contributed by atoms with van der Waals surface area (Å²) in [4.78, 5) is 22.7. The summed E-state index contributed by atoms with van der Waals surface area (Å²) < 4.78 is 6.20. The van der Waals surface area contributed by atoms with Crippen molar-refractivity contribution in [2.75, 3.05) is 0 Å². The molecule has 8 nitrogen and oxygen atoms in total. The number of ether oxygens (including phenoxy) is 1. The molecule has 0 aliphatic rings. The third kappa shape index (κ3) is 5.19. The summed E-state index contributed by atoms with van der Waals surface area (Å²) in [5, 5.41) is 30.9. The van der Waals surface area contributed by atoms with E-state index in [0.717, 1.165) is 4.57 Å². The molecule has 0 radical (unpaired) electrons. The minimum absolute atomic E-state index is 0.100. The van der Waals surface area contributed by atoms with E-state index in [-0.39, 0.29) is 24.7 Å². The highest BCUT2D eigenvalue weighted by molar-refractivity contribution is 5.71. The first-order valence-electron chi connectivity index (χ1n) is 6.79. The molecule has 0 saturated heterocycles. The van der Waals surface area contributed by atoms with E-state index in [1.54, 1.807) is 27.7 Å². The second kappa shape index (κ2) is 6.59. The Bertz CT molecular complexity index is 558. The molecule has 1 aromatic rings. The number of carbonyl (C=O) groups excluding carboxylic acids is 1. The Morgan fingerprint density at radius 3 is 2.36 bits per heavy atom. The average molecular weight is 314 g/mol. The van der Waals surface area contributed by atoms with Crippen LogP contribution in [0.4, 0.5) is 4.79 Å². The molecule has 1 aromatic heterocycles. The summed E-state index contributed by atoms with van der Waals surface area (Å²) in [7, 11) is 0. The summed E-state index contributed by atoms with van der Waals surface area (Å²) in [6.07, 6.45) is -1.14. The Hall–Kier alpha value is -2.38. The van der Waals surface area contributed by atoms with E-state index in [4.69, 9.17) is 9.84 Å². The van der Waals surface area contributed by atoms with Gasteiger partial charge in [-0.25, -0.2) is 4.79 Å². The van der Waals surface area contributed by atoms with Crippen LogP contribution in [-0.2, 0) is 16.1 Å². The van der Waals surface area contributed by atoms with Crippen molar-refractivity contribution in [1.82, 2.24) is 9.88 Å². The van der Waals surface area contributed by atoms with Crippen LogP contribution in [0, 0.1) is 6.92 Å². The van der Waals surface area contributed by atoms with Gasteiger partial charge in [0.1, 0.15) is 5.60 Å². The predicted octanol–water partition coefficient (Wildman–Crippen LogP) is 1.58. The van der Waals surface area contributed by atoms with Gasteiger partial charge in [0.05, 0.1) is 12.5 Å². The highest BCUT2D eigenvalue weighted by atomic mass is 16.6. The number of carboxylic acids is 1. The topological polar surface area (TPSA) is 121 Å². The maximum Gasteiger partial charge on any atom is 0.407 e. The van der Waals surface area contributed by atoms with Crippen LogP contribution in [0.1, 0.15) is 32.8 Å². The lowest BCUT2D eigenvalue weighted by Gasteiger charge is -2.23. The molecule has 0 aliphatic carbocycles. The number of aryl methyl sites for hydroxylation is 1. The van der Waals surface area contributed by atoms with Crippen molar-refractivity contribution >= 4 is 12.1 Å². The average Bonchev–Trinajstić information content (AvgIpc) is 2.52. The van der Waals surface area contributed by atoms with Crippen LogP contribution >= 0.6 is 0 Å². The van der Waals surface area contributed by atoms with Gasteiger partial charge in [-0.3, -0.25) is 9.36 Å². The molecule has 0 fully saturated rings. The monoisotopic (exact) mass is 314 g/mol. The Kier molecular flexibility index (Phi) is 5.29. The third-order valence-corrected chi connectivity index (χ3v) is 2.78. The molecule has 0 spiro atoms. The molecule has 1 amide bonds. The molecular weight excluding hydrogens is 292 g/mol. The highest BCUT2D eigenvalue weighted by Gasteiger charge is 2.23.